The van der Waals surface area contributed by atoms with Crippen LogP contribution in [0.3, 0.4) is 0 Å². The Morgan fingerprint density at radius 2 is 1.63 bits per heavy atom. The summed E-state index contributed by atoms with van der Waals surface area (Å²) >= 11 is 12.7. The number of nitrogens with one attached hydrogen (secondary N) is 1. The summed E-state index contributed by atoms with van der Waals surface area (Å²) in [5.41, 5.74) is 0.788. The van der Waals surface area contributed by atoms with E-state index in [0.29, 0.717) is 27.6 Å². The minimum atomic E-state index is -0.704. The highest BCUT2D eigenvalue weighted by atomic mass is 35.5. The molecule has 0 radical (unpaired) electrons. The topological polar surface area (TPSA) is 49.4 Å². The number of carbonyl (C=O) groups is 2. The number of rotatable bonds is 7. The van der Waals surface area contributed by atoms with Crippen LogP contribution in [-0.2, 0) is 22.6 Å². The van der Waals surface area contributed by atoms with Gasteiger partial charge in [-0.05, 0) is 57.0 Å². The maximum absolute atomic E-state index is 13.3. The second-order valence-electron chi connectivity index (χ2n) is 8.19. The van der Waals surface area contributed by atoms with E-state index in [1.54, 1.807) is 30.3 Å². The van der Waals surface area contributed by atoms with Gasteiger partial charge in [0.15, 0.2) is 0 Å². The maximum atomic E-state index is 13.3. The molecule has 0 heterocycles. The van der Waals surface area contributed by atoms with Gasteiger partial charge in [0.2, 0.25) is 11.8 Å². The lowest BCUT2D eigenvalue weighted by Gasteiger charge is -2.33. The molecule has 0 bridgehead atoms. The van der Waals surface area contributed by atoms with Crippen LogP contribution in [0.4, 0.5) is 4.39 Å². The molecule has 0 saturated carbocycles. The van der Waals surface area contributed by atoms with Crippen molar-refractivity contribution in [3.8, 4) is 0 Å². The summed E-state index contributed by atoms with van der Waals surface area (Å²) in [4.78, 5) is 27.7. The van der Waals surface area contributed by atoms with Gasteiger partial charge < -0.3 is 10.2 Å². The molecule has 162 valence electrons. The predicted octanol–water partition coefficient (Wildman–Crippen LogP) is 5.40. The molecule has 4 nitrogen and oxygen atoms in total. The second kappa shape index (κ2) is 10.3. The molecule has 0 aliphatic rings. The van der Waals surface area contributed by atoms with Gasteiger partial charge in [-0.25, -0.2) is 4.39 Å². The largest absolute Gasteiger partial charge is 0.350 e. The molecule has 0 unspecified atom stereocenters. The van der Waals surface area contributed by atoms with Crippen LogP contribution in [-0.4, -0.2) is 28.3 Å². The summed E-state index contributed by atoms with van der Waals surface area (Å²) in [6, 6.07) is 10.1. The Morgan fingerprint density at radius 3 is 2.13 bits per heavy atom. The average molecular weight is 453 g/mol. The molecule has 0 fully saturated rings. The van der Waals surface area contributed by atoms with Crippen molar-refractivity contribution in [2.24, 2.45) is 0 Å². The lowest BCUT2D eigenvalue weighted by atomic mass is 10.0. The highest BCUT2D eigenvalue weighted by Crippen LogP contribution is 2.27. The number of hydrogen-bond acceptors (Lipinski definition) is 2. The zero-order valence-corrected chi connectivity index (χ0v) is 19.1. The van der Waals surface area contributed by atoms with Crippen LogP contribution in [0.1, 0.15) is 45.2 Å². The van der Waals surface area contributed by atoms with E-state index in [1.165, 1.54) is 17.0 Å². The van der Waals surface area contributed by atoms with E-state index in [2.05, 4.69) is 5.32 Å². The third-order valence-corrected chi connectivity index (χ3v) is 5.25. The van der Waals surface area contributed by atoms with Crippen LogP contribution in [0.5, 0.6) is 0 Å². The van der Waals surface area contributed by atoms with E-state index in [-0.39, 0.29) is 30.6 Å². The Bertz CT molecular complexity index is 875. The molecular weight excluding hydrogens is 426 g/mol. The van der Waals surface area contributed by atoms with Crippen molar-refractivity contribution >= 4 is 35.0 Å². The number of carbonyl (C=O) groups excluding carboxylic acids is 2. The van der Waals surface area contributed by atoms with Crippen molar-refractivity contribution in [2.45, 2.75) is 58.7 Å². The van der Waals surface area contributed by atoms with E-state index in [0.717, 1.165) is 0 Å². The van der Waals surface area contributed by atoms with Gasteiger partial charge in [-0.15, -0.1) is 0 Å². The van der Waals surface area contributed by atoms with Gasteiger partial charge in [0.25, 0.3) is 0 Å². The first kappa shape index (κ1) is 24.2. The lowest BCUT2D eigenvalue weighted by Crippen LogP contribution is -2.53. The Kier molecular flexibility index (Phi) is 8.27. The minimum absolute atomic E-state index is 0.0294. The molecular formula is C23H27Cl2FN2O2. The quantitative estimate of drug-likeness (QED) is 0.611. The molecule has 0 spiro atoms. The van der Waals surface area contributed by atoms with Crippen LogP contribution in [0, 0.1) is 5.82 Å². The van der Waals surface area contributed by atoms with Gasteiger partial charge in [0.1, 0.15) is 11.9 Å². The fourth-order valence-corrected chi connectivity index (χ4v) is 3.62. The molecule has 1 N–H and O–H groups in total. The van der Waals surface area contributed by atoms with Crippen LogP contribution >= 0.6 is 23.2 Å². The van der Waals surface area contributed by atoms with E-state index >= 15 is 0 Å². The molecule has 1 atom stereocenters. The van der Waals surface area contributed by atoms with Crippen LogP contribution < -0.4 is 5.32 Å². The number of halogens is 3. The number of benzene rings is 2. The molecule has 7 heteroatoms. The summed E-state index contributed by atoms with van der Waals surface area (Å²) in [7, 11) is 0. The van der Waals surface area contributed by atoms with Gasteiger partial charge in [-0.1, -0.05) is 48.3 Å². The maximum Gasteiger partial charge on any atom is 0.243 e. The zero-order valence-electron chi connectivity index (χ0n) is 17.6. The Balaban J connectivity index is 2.38. The number of hydrogen-bond donors (Lipinski definition) is 1. The molecule has 2 aromatic carbocycles. The fourth-order valence-electron chi connectivity index (χ4n) is 3.10. The molecule has 0 aliphatic heterocycles. The summed E-state index contributed by atoms with van der Waals surface area (Å²) in [6.45, 7) is 7.58. The average Bonchev–Trinajstić information content (AvgIpc) is 2.64. The van der Waals surface area contributed by atoms with Crippen LogP contribution in [0.15, 0.2) is 42.5 Å². The van der Waals surface area contributed by atoms with Crippen molar-refractivity contribution in [1.29, 1.82) is 0 Å². The molecule has 0 aromatic heterocycles. The van der Waals surface area contributed by atoms with E-state index in [4.69, 9.17) is 23.2 Å². The van der Waals surface area contributed by atoms with E-state index in [1.807, 2.05) is 27.7 Å². The Hall–Kier alpha value is -2.11. The van der Waals surface area contributed by atoms with Gasteiger partial charge in [0.05, 0.1) is 6.42 Å². The summed E-state index contributed by atoms with van der Waals surface area (Å²) in [5.74, 6) is -0.893. The fraction of sp³-hybridized carbons (Fsp3) is 0.391. The first-order chi connectivity index (χ1) is 14.0. The first-order valence-corrected chi connectivity index (χ1v) is 10.6. The van der Waals surface area contributed by atoms with Gasteiger partial charge >= 0.3 is 0 Å². The standard InChI is InChI=1S/C23H27Cl2FN2O2/c1-5-20(22(30)27-23(2,3)4)28(14-17-18(24)7-6-8-19(17)25)21(29)13-15-9-11-16(26)12-10-15/h6-12,20H,5,13-14H2,1-4H3,(H,27,30)/t20-/m1/s1. The highest BCUT2D eigenvalue weighted by Gasteiger charge is 2.31. The summed E-state index contributed by atoms with van der Waals surface area (Å²) < 4.78 is 13.2. The molecule has 2 amide bonds. The Labute approximate surface area is 187 Å². The second-order valence-corrected chi connectivity index (χ2v) is 9.00. The van der Waals surface area contributed by atoms with Gasteiger partial charge in [-0.3, -0.25) is 9.59 Å². The first-order valence-electron chi connectivity index (χ1n) is 9.80. The SMILES string of the molecule is CC[C@H](C(=O)NC(C)(C)C)N(Cc1c(Cl)cccc1Cl)C(=O)Cc1ccc(F)cc1. The van der Waals surface area contributed by atoms with Gasteiger partial charge in [-0.2, -0.15) is 0 Å². The van der Waals surface area contributed by atoms with Crippen molar-refractivity contribution in [1.82, 2.24) is 10.2 Å². The van der Waals surface area contributed by atoms with E-state index in [9.17, 15) is 14.0 Å². The lowest BCUT2D eigenvalue weighted by molar-refractivity contribution is -0.141. The van der Waals surface area contributed by atoms with Crippen molar-refractivity contribution in [2.75, 3.05) is 0 Å². The molecule has 0 saturated heterocycles. The highest BCUT2D eigenvalue weighted by molar-refractivity contribution is 6.36. The molecule has 0 aliphatic carbocycles. The Morgan fingerprint density at radius 1 is 1.07 bits per heavy atom. The summed E-state index contributed by atoms with van der Waals surface area (Å²) in [6.07, 6.45) is 0.445. The van der Waals surface area contributed by atoms with Crippen LogP contribution in [0.25, 0.3) is 0 Å². The normalized spacial score (nSPS) is 12.4. The predicted molar refractivity (Wildman–Crippen MR) is 119 cm³/mol. The number of amides is 2. The van der Waals surface area contributed by atoms with Crippen LogP contribution in [0.2, 0.25) is 10.0 Å². The third kappa shape index (κ3) is 6.71. The molecule has 2 aromatic rings. The number of nitrogens with zero attached hydrogens (tertiary/aromatic N) is 1. The smallest absolute Gasteiger partial charge is 0.243 e. The van der Waals surface area contributed by atoms with E-state index < -0.39 is 11.6 Å². The molecule has 2 rings (SSSR count). The third-order valence-electron chi connectivity index (χ3n) is 4.54. The zero-order chi connectivity index (χ0) is 22.5. The summed E-state index contributed by atoms with van der Waals surface area (Å²) in [5, 5.41) is 3.79. The molecule has 30 heavy (non-hydrogen) atoms. The van der Waals surface area contributed by atoms with Crippen molar-refractivity contribution in [3.05, 3.63) is 69.5 Å². The van der Waals surface area contributed by atoms with Crippen molar-refractivity contribution < 1.29 is 14.0 Å². The monoisotopic (exact) mass is 452 g/mol. The van der Waals surface area contributed by atoms with Gasteiger partial charge in [0, 0.05) is 27.7 Å². The minimum Gasteiger partial charge on any atom is -0.350 e. The van der Waals surface area contributed by atoms with Crippen molar-refractivity contribution in [3.63, 3.8) is 0 Å².